The van der Waals surface area contributed by atoms with E-state index in [0.717, 1.165) is 10.2 Å². The van der Waals surface area contributed by atoms with Crippen molar-refractivity contribution in [2.45, 2.75) is 0 Å². The van der Waals surface area contributed by atoms with Gasteiger partial charge in [0.15, 0.2) is 0 Å². The summed E-state index contributed by atoms with van der Waals surface area (Å²) in [6.07, 6.45) is 0. The fourth-order valence-electron chi connectivity index (χ4n) is 0.881. The molecular formula is C9H11BrO3. The SMILES string of the molecule is COc1ccc(OCCO)c(Br)c1. The molecule has 4 heteroatoms. The summed E-state index contributed by atoms with van der Waals surface area (Å²) in [6.45, 7) is 0.309. The lowest BCUT2D eigenvalue weighted by Crippen LogP contribution is -2.01. The van der Waals surface area contributed by atoms with Crippen molar-refractivity contribution in [2.75, 3.05) is 20.3 Å². The molecule has 0 spiro atoms. The molecule has 0 saturated carbocycles. The molecule has 0 heterocycles. The van der Waals surface area contributed by atoms with Crippen LogP contribution in [0, 0.1) is 0 Å². The van der Waals surface area contributed by atoms with Crippen molar-refractivity contribution in [3.63, 3.8) is 0 Å². The van der Waals surface area contributed by atoms with Gasteiger partial charge in [-0.05, 0) is 34.1 Å². The molecule has 1 aromatic rings. The van der Waals surface area contributed by atoms with Crippen molar-refractivity contribution in [3.8, 4) is 11.5 Å². The van der Waals surface area contributed by atoms with Crippen molar-refractivity contribution < 1.29 is 14.6 Å². The average Bonchev–Trinajstić information content (AvgIpc) is 2.16. The maximum absolute atomic E-state index is 8.55. The third-order valence-corrected chi connectivity index (χ3v) is 2.11. The number of rotatable bonds is 4. The maximum Gasteiger partial charge on any atom is 0.133 e. The fourth-order valence-corrected chi connectivity index (χ4v) is 1.35. The number of hydrogen-bond donors (Lipinski definition) is 1. The first-order valence-electron chi connectivity index (χ1n) is 3.85. The molecule has 3 nitrogen and oxygen atoms in total. The summed E-state index contributed by atoms with van der Waals surface area (Å²) < 4.78 is 11.1. The van der Waals surface area contributed by atoms with Gasteiger partial charge in [-0.15, -0.1) is 0 Å². The molecule has 0 bridgehead atoms. The van der Waals surface area contributed by atoms with Gasteiger partial charge in [0.2, 0.25) is 0 Å². The van der Waals surface area contributed by atoms with Crippen LogP contribution in [0.3, 0.4) is 0 Å². The van der Waals surface area contributed by atoms with Crippen LogP contribution in [-0.2, 0) is 0 Å². The van der Waals surface area contributed by atoms with Gasteiger partial charge in [0.25, 0.3) is 0 Å². The first-order valence-corrected chi connectivity index (χ1v) is 4.64. The molecule has 0 saturated heterocycles. The van der Waals surface area contributed by atoms with Crippen LogP contribution in [0.1, 0.15) is 0 Å². The minimum Gasteiger partial charge on any atom is -0.497 e. The molecule has 0 aliphatic rings. The third kappa shape index (κ3) is 2.90. The standard InChI is InChI=1S/C9H11BrO3/c1-12-7-2-3-9(8(10)6-7)13-5-4-11/h2-3,6,11H,4-5H2,1H3. The van der Waals surface area contributed by atoms with Crippen molar-refractivity contribution in [1.29, 1.82) is 0 Å². The van der Waals surface area contributed by atoms with Crippen molar-refractivity contribution >= 4 is 15.9 Å². The molecule has 0 atom stereocenters. The van der Waals surface area contributed by atoms with Gasteiger partial charge in [0, 0.05) is 0 Å². The quantitative estimate of drug-likeness (QED) is 0.882. The zero-order valence-corrected chi connectivity index (χ0v) is 8.87. The van der Waals surface area contributed by atoms with Crippen LogP contribution in [0.4, 0.5) is 0 Å². The Morgan fingerprint density at radius 2 is 2.23 bits per heavy atom. The Kier molecular flexibility index (Phi) is 4.05. The Morgan fingerprint density at radius 1 is 1.46 bits per heavy atom. The highest BCUT2D eigenvalue weighted by Gasteiger charge is 2.01. The first kappa shape index (κ1) is 10.3. The summed E-state index contributed by atoms with van der Waals surface area (Å²) in [6, 6.07) is 5.41. The van der Waals surface area contributed by atoms with Gasteiger partial charge in [0.05, 0.1) is 18.2 Å². The topological polar surface area (TPSA) is 38.7 Å². The van der Waals surface area contributed by atoms with Crippen molar-refractivity contribution in [3.05, 3.63) is 22.7 Å². The van der Waals surface area contributed by atoms with E-state index >= 15 is 0 Å². The molecule has 0 fully saturated rings. The Bertz CT molecular complexity index is 276. The lowest BCUT2D eigenvalue weighted by atomic mass is 10.3. The second kappa shape index (κ2) is 5.09. The lowest BCUT2D eigenvalue weighted by Gasteiger charge is -2.07. The zero-order valence-electron chi connectivity index (χ0n) is 7.29. The van der Waals surface area contributed by atoms with Crippen molar-refractivity contribution in [2.24, 2.45) is 0 Å². The van der Waals surface area contributed by atoms with E-state index in [9.17, 15) is 0 Å². The average molecular weight is 247 g/mol. The molecule has 1 aromatic carbocycles. The Labute approximate surface area is 85.4 Å². The minimum atomic E-state index is 0.0124. The van der Waals surface area contributed by atoms with E-state index in [1.165, 1.54) is 0 Å². The summed E-state index contributed by atoms with van der Waals surface area (Å²) in [5.74, 6) is 1.47. The number of aliphatic hydroxyl groups is 1. The van der Waals surface area contributed by atoms with Gasteiger partial charge in [-0.1, -0.05) is 0 Å². The predicted octanol–water partition coefficient (Wildman–Crippen LogP) is 1.83. The highest BCUT2D eigenvalue weighted by Crippen LogP contribution is 2.28. The van der Waals surface area contributed by atoms with E-state index in [1.54, 1.807) is 19.2 Å². The molecule has 0 aliphatic carbocycles. The highest BCUT2D eigenvalue weighted by molar-refractivity contribution is 9.10. The highest BCUT2D eigenvalue weighted by atomic mass is 79.9. The van der Waals surface area contributed by atoms with E-state index in [0.29, 0.717) is 12.4 Å². The molecule has 1 rings (SSSR count). The van der Waals surface area contributed by atoms with Gasteiger partial charge in [-0.3, -0.25) is 0 Å². The molecular weight excluding hydrogens is 236 g/mol. The van der Waals surface area contributed by atoms with Gasteiger partial charge < -0.3 is 14.6 Å². The van der Waals surface area contributed by atoms with Crippen LogP contribution in [-0.4, -0.2) is 25.4 Å². The molecule has 0 unspecified atom stereocenters. The number of ether oxygens (including phenoxy) is 2. The van der Waals surface area contributed by atoms with Crippen LogP contribution < -0.4 is 9.47 Å². The Hall–Kier alpha value is -0.740. The Balaban J connectivity index is 2.73. The molecule has 13 heavy (non-hydrogen) atoms. The van der Waals surface area contributed by atoms with Crippen LogP contribution in [0.5, 0.6) is 11.5 Å². The number of benzene rings is 1. The maximum atomic E-state index is 8.55. The second-order valence-corrected chi connectivity index (χ2v) is 3.22. The Morgan fingerprint density at radius 3 is 2.77 bits per heavy atom. The number of halogens is 1. The summed E-state index contributed by atoms with van der Waals surface area (Å²) in [5.41, 5.74) is 0. The fraction of sp³-hybridized carbons (Fsp3) is 0.333. The molecule has 0 radical (unpaired) electrons. The van der Waals surface area contributed by atoms with E-state index < -0.39 is 0 Å². The largest absolute Gasteiger partial charge is 0.497 e. The molecule has 0 aliphatic heterocycles. The number of hydrogen-bond acceptors (Lipinski definition) is 3. The zero-order chi connectivity index (χ0) is 9.68. The number of methoxy groups -OCH3 is 1. The molecule has 0 amide bonds. The van der Waals surface area contributed by atoms with Crippen molar-refractivity contribution in [1.82, 2.24) is 0 Å². The normalized spacial score (nSPS) is 9.77. The van der Waals surface area contributed by atoms with Crippen LogP contribution in [0.2, 0.25) is 0 Å². The summed E-state index contributed by atoms with van der Waals surface area (Å²) in [4.78, 5) is 0. The summed E-state index contributed by atoms with van der Waals surface area (Å²) in [5, 5.41) is 8.55. The molecule has 72 valence electrons. The minimum absolute atomic E-state index is 0.0124. The van der Waals surface area contributed by atoms with Gasteiger partial charge >= 0.3 is 0 Å². The monoisotopic (exact) mass is 246 g/mol. The van der Waals surface area contributed by atoms with E-state index in [4.69, 9.17) is 14.6 Å². The van der Waals surface area contributed by atoms with Crippen LogP contribution in [0.25, 0.3) is 0 Å². The van der Waals surface area contributed by atoms with E-state index in [-0.39, 0.29) is 6.61 Å². The third-order valence-electron chi connectivity index (χ3n) is 1.49. The van der Waals surface area contributed by atoms with Gasteiger partial charge in [-0.25, -0.2) is 0 Å². The van der Waals surface area contributed by atoms with E-state index in [1.807, 2.05) is 6.07 Å². The molecule has 1 N–H and O–H groups in total. The number of aliphatic hydroxyl groups excluding tert-OH is 1. The first-order chi connectivity index (χ1) is 6.27. The van der Waals surface area contributed by atoms with Gasteiger partial charge in [-0.2, -0.15) is 0 Å². The summed E-state index contributed by atoms with van der Waals surface area (Å²) in [7, 11) is 1.61. The van der Waals surface area contributed by atoms with Crippen LogP contribution in [0.15, 0.2) is 22.7 Å². The van der Waals surface area contributed by atoms with Crippen LogP contribution >= 0.6 is 15.9 Å². The van der Waals surface area contributed by atoms with E-state index in [2.05, 4.69) is 15.9 Å². The summed E-state index contributed by atoms with van der Waals surface area (Å²) >= 11 is 3.33. The lowest BCUT2D eigenvalue weighted by molar-refractivity contribution is 0.200. The van der Waals surface area contributed by atoms with Gasteiger partial charge in [0.1, 0.15) is 18.1 Å². The predicted molar refractivity (Wildman–Crippen MR) is 53.3 cm³/mol. The second-order valence-electron chi connectivity index (χ2n) is 2.37. The molecule has 0 aromatic heterocycles. The smallest absolute Gasteiger partial charge is 0.133 e.